The first-order chi connectivity index (χ1) is 12.1. The molecule has 3 rings (SSSR count). The molecule has 0 aliphatic rings. The molecule has 1 aromatic carbocycles. The van der Waals surface area contributed by atoms with Gasteiger partial charge in [-0.25, -0.2) is 0 Å². The molecule has 1 amide bonds. The van der Waals surface area contributed by atoms with Crippen molar-refractivity contribution in [3.8, 4) is 6.07 Å². The minimum Gasteiger partial charge on any atom is -0.350 e. The molecule has 126 valence electrons. The van der Waals surface area contributed by atoms with Crippen LogP contribution in [-0.2, 0) is 0 Å². The maximum Gasteiger partial charge on any atom is 0.251 e. The lowest BCUT2D eigenvalue weighted by Crippen LogP contribution is -2.32. The third-order valence-corrected chi connectivity index (χ3v) is 4.68. The summed E-state index contributed by atoms with van der Waals surface area (Å²) in [5.41, 5.74) is 4.07. The molecular weight excluding hydrogens is 332 g/mol. The quantitative estimate of drug-likeness (QED) is 0.766. The highest BCUT2D eigenvalue weighted by Gasteiger charge is 2.19. The number of thiophene rings is 1. The fourth-order valence-electron chi connectivity index (χ4n) is 2.79. The zero-order valence-electron chi connectivity index (χ0n) is 14.1. The van der Waals surface area contributed by atoms with Crippen molar-refractivity contribution in [1.29, 1.82) is 5.26 Å². The highest BCUT2D eigenvalue weighted by Crippen LogP contribution is 2.22. The monoisotopic (exact) mass is 350 g/mol. The third kappa shape index (κ3) is 3.78. The number of aryl methyl sites for hydroxylation is 2. The van der Waals surface area contributed by atoms with Crippen LogP contribution in [0.2, 0.25) is 0 Å². The first kappa shape index (κ1) is 16.9. The summed E-state index contributed by atoms with van der Waals surface area (Å²) in [6, 6.07) is 12.8. The van der Waals surface area contributed by atoms with Gasteiger partial charge >= 0.3 is 0 Å². The van der Waals surface area contributed by atoms with E-state index >= 15 is 0 Å². The first-order valence-electron chi connectivity index (χ1n) is 7.91. The van der Waals surface area contributed by atoms with E-state index in [9.17, 15) is 4.79 Å². The van der Waals surface area contributed by atoms with E-state index in [4.69, 9.17) is 5.26 Å². The molecule has 0 aliphatic carbocycles. The van der Waals surface area contributed by atoms with Crippen LogP contribution >= 0.6 is 11.3 Å². The highest BCUT2D eigenvalue weighted by molar-refractivity contribution is 7.07. The Morgan fingerprint density at radius 2 is 2.20 bits per heavy atom. The van der Waals surface area contributed by atoms with E-state index in [1.165, 1.54) is 0 Å². The van der Waals surface area contributed by atoms with Crippen LogP contribution in [0.5, 0.6) is 0 Å². The number of carbonyl (C=O) groups excluding carboxylic acids is 1. The molecule has 2 aromatic heterocycles. The van der Waals surface area contributed by atoms with E-state index < -0.39 is 0 Å². The van der Waals surface area contributed by atoms with Gasteiger partial charge < -0.3 is 5.32 Å². The Morgan fingerprint density at radius 3 is 2.84 bits per heavy atom. The summed E-state index contributed by atoms with van der Waals surface area (Å²) in [5, 5.41) is 20.6. The summed E-state index contributed by atoms with van der Waals surface area (Å²) in [6.07, 6.45) is 0. The average Bonchev–Trinajstić information content (AvgIpc) is 3.25. The van der Waals surface area contributed by atoms with Crippen LogP contribution in [0.1, 0.15) is 38.9 Å². The maximum absolute atomic E-state index is 12.5. The minimum atomic E-state index is -0.195. The molecule has 0 radical (unpaired) electrons. The van der Waals surface area contributed by atoms with E-state index in [0.29, 0.717) is 17.7 Å². The number of hydrogen-bond acceptors (Lipinski definition) is 4. The summed E-state index contributed by atoms with van der Waals surface area (Å²) >= 11 is 1.62. The Balaban J connectivity index is 1.81. The Labute approximate surface area is 150 Å². The van der Waals surface area contributed by atoms with Crippen LogP contribution < -0.4 is 5.32 Å². The second-order valence-corrected chi connectivity index (χ2v) is 6.63. The highest BCUT2D eigenvalue weighted by atomic mass is 32.1. The summed E-state index contributed by atoms with van der Waals surface area (Å²) in [7, 11) is 0. The largest absolute Gasteiger partial charge is 0.350 e. The molecule has 25 heavy (non-hydrogen) atoms. The molecule has 6 heteroatoms. The molecule has 1 N–H and O–H groups in total. The number of nitriles is 1. The molecule has 0 fully saturated rings. The summed E-state index contributed by atoms with van der Waals surface area (Å²) in [6.45, 7) is 4.39. The first-order valence-corrected chi connectivity index (χ1v) is 8.86. The Hall–Kier alpha value is -2.91. The van der Waals surface area contributed by atoms with Gasteiger partial charge in [-0.2, -0.15) is 21.7 Å². The molecular formula is C19H18N4OS. The lowest BCUT2D eigenvalue weighted by atomic mass is 10.1. The minimum absolute atomic E-state index is 0.0666. The topological polar surface area (TPSA) is 70.7 Å². The van der Waals surface area contributed by atoms with Crippen molar-refractivity contribution in [2.24, 2.45) is 0 Å². The van der Waals surface area contributed by atoms with Gasteiger partial charge in [0.1, 0.15) is 0 Å². The lowest BCUT2D eigenvalue weighted by Gasteiger charge is -2.19. The molecule has 1 atom stereocenters. The molecule has 0 unspecified atom stereocenters. The fraction of sp³-hybridized carbons (Fsp3) is 0.211. The predicted octanol–water partition coefficient (Wildman–Crippen LogP) is 3.45. The van der Waals surface area contributed by atoms with Gasteiger partial charge in [-0.3, -0.25) is 9.48 Å². The van der Waals surface area contributed by atoms with Gasteiger partial charge in [0.15, 0.2) is 0 Å². The van der Waals surface area contributed by atoms with Crippen LogP contribution in [-0.4, -0.2) is 22.2 Å². The van der Waals surface area contributed by atoms with E-state index in [-0.39, 0.29) is 11.9 Å². The van der Waals surface area contributed by atoms with E-state index in [1.54, 1.807) is 35.6 Å². The molecule has 0 aliphatic heterocycles. The predicted molar refractivity (Wildman–Crippen MR) is 97.6 cm³/mol. The van der Waals surface area contributed by atoms with E-state index in [0.717, 1.165) is 17.0 Å². The molecule has 0 saturated heterocycles. The Kier molecular flexibility index (Phi) is 4.96. The van der Waals surface area contributed by atoms with Gasteiger partial charge in [-0.15, -0.1) is 0 Å². The number of nitrogens with zero attached hydrogens (tertiary/aromatic N) is 3. The number of hydrogen-bond donors (Lipinski definition) is 1. The Bertz CT molecular complexity index is 921. The number of amides is 1. The second kappa shape index (κ2) is 7.32. The van der Waals surface area contributed by atoms with Crippen LogP contribution in [0.3, 0.4) is 0 Å². The van der Waals surface area contributed by atoms with Crippen molar-refractivity contribution in [3.05, 3.63) is 75.2 Å². The lowest BCUT2D eigenvalue weighted by molar-refractivity contribution is 0.0949. The maximum atomic E-state index is 12.5. The number of nitrogens with one attached hydrogen (secondary N) is 1. The van der Waals surface area contributed by atoms with Crippen molar-refractivity contribution in [2.45, 2.75) is 19.9 Å². The molecule has 0 saturated carbocycles. The van der Waals surface area contributed by atoms with E-state index in [2.05, 4.69) is 21.9 Å². The zero-order valence-corrected chi connectivity index (χ0v) is 14.9. The SMILES string of the molecule is Cc1cc(C)n([C@@H](CNC(=O)c2cccc(C#N)c2)c2ccsc2)n1. The van der Waals surface area contributed by atoms with Gasteiger partial charge in [0.25, 0.3) is 5.91 Å². The van der Waals surface area contributed by atoms with Gasteiger partial charge in [0, 0.05) is 17.8 Å². The van der Waals surface area contributed by atoms with Crippen LogP contribution in [0.15, 0.2) is 47.2 Å². The van der Waals surface area contributed by atoms with Gasteiger partial charge in [0.2, 0.25) is 0 Å². The summed E-state index contributed by atoms with van der Waals surface area (Å²) < 4.78 is 1.95. The number of carbonyl (C=O) groups is 1. The molecule has 5 nitrogen and oxygen atoms in total. The number of benzene rings is 1. The number of aromatic nitrogens is 2. The van der Waals surface area contributed by atoms with Crippen molar-refractivity contribution >= 4 is 17.2 Å². The van der Waals surface area contributed by atoms with Crippen molar-refractivity contribution in [3.63, 3.8) is 0 Å². The standard InChI is InChI=1S/C19H18N4OS/c1-13-8-14(2)23(22-13)18(17-6-7-25-12-17)11-21-19(24)16-5-3-4-15(9-16)10-20/h3-9,12,18H,11H2,1-2H3,(H,21,24)/t18-/m0/s1. The number of rotatable bonds is 5. The van der Waals surface area contributed by atoms with E-state index in [1.807, 2.05) is 36.0 Å². The molecule has 0 bridgehead atoms. The van der Waals surface area contributed by atoms with Gasteiger partial charge in [-0.05, 0) is 60.5 Å². The summed E-state index contributed by atoms with van der Waals surface area (Å²) in [5.74, 6) is -0.195. The fourth-order valence-corrected chi connectivity index (χ4v) is 3.50. The average molecular weight is 350 g/mol. The van der Waals surface area contributed by atoms with Crippen molar-refractivity contribution < 1.29 is 4.79 Å². The second-order valence-electron chi connectivity index (χ2n) is 5.85. The Morgan fingerprint density at radius 1 is 1.36 bits per heavy atom. The molecule has 2 heterocycles. The van der Waals surface area contributed by atoms with Crippen molar-refractivity contribution in [1.82, 2.24) is 15.1 Å². The normalized spacial score (nSPS) is 11.7. The third-order valence-electron chi connectivity index (χ3n) is 3.98. The van der Waals surface area contributed by atoms with Crippen LogP contribution in [0.25, 0.3) is 0 Å². The van der Waals surface area contributed by atoms with Crippen LogP contribution in [0.4, 0.5) is 0 Å². The summed E-state index contributed by atoms with van der Waals surface area (Å²) in [4.78, 5) is 12.5. The van der Waals surface area contributed by atoms with Crippen molar-refractivity contribution in [2.75, 3.05) is 6.54 Å². The smallest absolute Gasteiger partial charge is 0.251 e. The van der Waals surface area contributed by atoms with Gasteiger partial charge in [0.05, 0.1) is 23.4 Å². The zero-order chi connectivity index (χ0) is 17.8. The molecule has 3 aromatic rings. The van der Waals surface area contributed by atoms with Crippen LogP contribution in [0, 0.1) is 25.2 Å². The van der Waals surface area contributed by atoms with Gasteiger partial charge in [-0.1, -0.05) is 6.07 Å². The molecule has 0 spiro atoms.